The van der Waals surface area contributed by atoms with Gasteiger partial charge in [-0.25, -0.2) is 4.39 Å². The van der Waals surface area contributed by atoms with Gasteiger partial charge in [0.05, 0.1) is 18.9 Å². The maximum atomic E-state index is 13.9. The molecule has 0 amide bonds. The highest BCUT2D eigenvalue weighted by Gasteiger charge is 2.25. The second-order valence-corrected chi connectivity index (χ2v) is 5.41. The largest absolute Gasteiger partial charge is 0.399 e. The van der Waals surface area contributed by atoms with Crippen LogP contribution >= 0.6 is 0 Å². The third-order valence-corrected chi connectivity index (χ3v) is 4.07. The molecule has 1 heterocycles. The summed E-state index contributed by atoms with van der Waals surface area (Å²) in [5.74, 6) is -0.281. The average Bonchev–Trinajstić information content (AvgIpc) is 2.47. The third kappa shape index (κ3) is 4.06. The number of hydrogen-bond donors (Lipinski definition) is 3. The van der Waals surface area contributed by atoms with Crippen LogP contribution in [0, 0.1) is 5.82 Å². The van der Waals surface area contributed by atoms with E-state index in [1.807, 2.05) is 4.90 Å². The summed E-state index contributed by atoms with van der Waals surface area (Å²) < 4.78 is 13.9. The quantitative estimate of drug-likeness (QED) is 0.673. The predicted molar refractivity (Wildman–Crippen MR) is 81.8 cm³/mol. The smallest absolute Gasteiger partial charge is 0.148 e. The van der Waals surface area contributed by atoms with Crippen molar-refractivity contribution in [1.29, 1.82) is 0 Å². The molecule has 1 aromatic carbocycles. The fraction of sp³-hybridized carbons (Fsp3) is 0.600. The molecule has 5 nitrogen and oxygen atoms in total. The summed E-state index contributed by atoms with van der Waals surface area (Å²) in [4.78, 5) is 4.14. The molecule has 0 saturated carbocycles. The van der Waals surface area contributed by atoms with Crippen LogP contribution in [0.15, 0.2) is 18.2 Å². The van der Waals surface area contributed by atoms with E-state index in [2.05, 4.69) is 4.90 Å². The fourth-order valence-electron chi connectivity index (χ4n) is 2.99. The first-order valence-electron chi connectivity index (χ1n) is 7.41. The zero-order valence-electron chi connectivity index (χ0n) is 12.2. The number of anilines is 2. The van der Waals surface area contributed by atoms with Crippen LogP contribution < -0.4 is 10.6 Å². The van der Waals surface area contributed by atoms with Crippen molar-refractivity contribution in [3.05, 3.63) is 24.0 Å². The molecular formula is C15H24FN3O2. The van der Waals surface area contributed by atoms with Crippen LogP contribution in [0.25, 0.3) is 0 Å². The summed E-state index contributed by atoms with van der Waals surface area (Å²) >= 11 is 0. The van der Waals surface area contributed by atoms with Crippen molar-refractivity contribution in [1.82, 2.24) is 4.90 Å². The second-order valence-electron chi connectivity index (χ2n) is 5.41. The maximum absolute atomic E-state index is 13.9. The molecule has 1 aromatic rings. The van der Waals surface area contributed by atoms with E-state index in [1.165, 1.54) is 6.07 Å². The Morgan fingerprint density at radius 2 is 1.81 bits per heavy atom. The molecule has 1 aliphatic rings. The second kappa shape index (κ2) is 7.59. The van der Waals surface area contributed by atoms with Crippen molar-refractivity contribution < 1.29 is 14.6 Å². The van der Waals surface area contributed by atoms with E-state index in [1.54, 1.807) is 12.1 Å². The minimum Gasteiger partial charge on any atom is -0.399 e. The van der Waals surface area contributed by atoms with E-state index in [-0.39, 0.29) is 19.0 Å². The normalized spacial score (nSPS) is 16.7. The van der Waals surface area contributed by atoms with Crippen LogP contribution in [-0.2, 0) is 0 Å². The summed E-state index contributed by atoms with van der Waals surface area (Å²) in [5, 5.41) is 18.2. The van der Waals surface area contributed by atoms with Crippen molar-refractivity contribution in [2.24, 2.45) is 0 Å². The Morgan fingerprint density at radius 1 is 1.19 bits per heavy atom. The molecule has 0 radical (unpaired) electrons. The highest BCUT2D eigenvalue weighted by molar-refractivity contribution is 5.54. The Labute approximate surface area is 124 Å². The molecule has 21 heavy (non-hydrogen) atoms. The number of rotatable bonds is 6. The van der Waals surface area contributed by atoms with Crippen LogP contribution in [0.1, 0.15) is 12.8 Å². The zero-order chi connectivity index (χ0) is 15.2. The molecule has 0 bridgehead atoms. The molecule has 1 saturated heterocycles. The Morgan fingerprint density at radius 3 is 2.33 bits per heavy atom. The molecule has 1 aliphatic heterocycles. The molecule has 0 unspecified atom stereocenters. The lowest BCUT2D eigenvalue weighted by atomic mass is 10.0. The van der Waals surface area contributed by atoms with Crippen LogP contribution in [0.3, 0.4) is 0 Å². The SMILES string of the molecule is Nc1ccc(N2CCC(N(CCO)CCO)CC2)c(F)c1. The van der Waals surface area contributed by atoms with Crippen molar-refractivity contribution in [2.45, 2.75) is 18.9 Å². The van der Waals surface area contributed by atoms with Crippen LogP contribution in [0.2, 0.25) is 0 Å². The van der Waals surface area contributed by atoms with Gasteiger partial charge in [0.1, 0.15) is 5.82 Å². The van der Waals surface area contributed by atoms with Crippen molar-refractivity contribution >= 4 is 11.4 Å². The molecule has 0 aliphatic carbocycles. The third-order valence-electron chi connectivity index (χ3n) is 4.07. The molecule has 1 fully saturated rings. The van der Waals surface area contributed by atoms with Crippen LogP contribution in [0.4, 0.5) is 15.8 Å². The molecule has 118 valence electrons. The van der Waals surface area contributed by atoms with Crippen molar-refractivity contribution in [3.63, 3.8) is 0 Å². The van der Waals surface area contributed by atoms with Gasteiger partial charge in [0.25, 0.3) is 0 Å². The Hall–Kier alpha value is -1.37. The maximum Gasteiger partial charge on any atom is 0.148 e. The number of aliphatic hydroxyl groups is 2. The van der Waals surface area contributed by atoms with Gasteiger partial charge in [-0.3, -0.25) is 4.90 Å². The Bertz CT molecular complexity index is 445. The summed E-state index contributed by atoms with van der Waals surface area (Å²) in [6.45, 7) is 2.85. The van der Waals surface area contributed by atoms with Crippen LogP contribution in [0.5, 0.6) is 0 Å². The van der Waals surface area contributed by atoms with Gasteiger partial charge in [-0.1, -0.05) is 0 Å². The van der Waals surface area contributed by atoms with Gasteiger partial charge in [0.15, 0.2) is 0 Å². The summed E-state index contributed by atoms with van der Waals surface area (Å²) in [6.07, 6.45) is 1.79. The fourth-order valence-corrected chi connectivity index (χ4v) is 2.99. The predicted octanol–water partition coefficient (Wildman–Crippen LogP) is 0.663. The minimum absolute atomic E-state index is 0.0901. The van der Waals surface area contributed by atoms with E-state index < -0.39 is 0 Å². The number of nitrogens with zero attached hydrogens (tertiary/aromatic N) is 2. The van der Waals surface area contributed by atoms with Gasteiger partial charge < -0.3 is 20.8 Å². The highest BCUT2D eigenvalue weighted by atomic mass is 19.1. The van der Waals surface area contributed by atoms with E-state index in [4.69, 9.17) is 15.9 Å². The molecule has 6 heteroatoms. The summed E-state index contributed by atoms with van der Waals surface area (Å²) in [6, 6.07) is 5.13. The van der Waals surface area contributed by atoms with Gasteiger partial charge in [0, 0.05) is 37.9 Å². The first-order chi connectivity index (χ1) is 10.2. The van der Waals surface area contributed by atoms with Gasteiger partial charge in [-0.05, 0) is 31.0 Å². The average molecular weight is 297 g/mol. The van der Waals surface area contributed by atoms with Crippen molar-refractivity contribution in [2.75, 3.05) is 50.0 Å². The summed E-state index contributed by atoms with van der Waals surface area (Å²) in [5.41, 5.74) is 6.60. The van der Waals surface area contributed by atoms with Crippen molar-refractivity contribution in [3.8, 4) is 0 Å². The number of hydrogen-bond acceptors (Lipinski definition) is 5. The number of aliphatic hydroxyl groups excluding tert-OH is 2. The lowest BCUT2D eigenvalue weighted by Crippen LogP contribution is -2.47. The number of nitrogen functional groups attached to an aromatic ring is 1. The van der Waals surface area contributed by atoms with E-state index in [9.17, 15) is 4.39 Å². The monoisotopic (exact) mass is 297 g/mol. The molecular weight excluding hydrogens is 273 g/mol. The van der Waals surface area contributed by atoms with E-state index >= 15 is 0 Å². The van der Waals surface area contributed by atoms with Gasteiger partial charge in [0.2, 0.25) is 0 Å². The molecule has 0 spiro atoms. The summed E-state index contributed by atoms with van der Waals surface area (Å²) in [7, 11) is 0. The Balaban J connectivity index is 1.95. The highest BCUT2D eigenvalue weighted by Crippen LogP contribution is 2.26. The minimum atomic E-state index is -0.281. The molecule has 0 atom stereocenters. The van der Waals surface area contributed by atoms with Gasteiger partial charge >= 0.3 is 0 Å². The molecule has 2 rings (SSSR count). The lowest BCUT2D eigenvalue weighted by Gasteiger charge is -2.39. The van der Waals surface area contributed by atoms with E-state index in [0.717, 1.165) is 25.9 Å². The van der Waals surface area contributed by atoms with Gasteiger partial charge in [-0.15, -0.1) is 0 Å². The lowest BCUT2D eigenvalue weighted by molar-refractivity contribution is 0.108. The number of halogens is 1. The number of nitrogens with two attached hydrogens (primary N) is 1. The van der Waals surface area contributed by atoms with Gasteiger partial charge in [-0.2, -0.15) is 0 Å². The first kappa shape index (κ1) is 16.0. The zero-order valence-corrected chi connectivity index (χ0v) is 12.2. The Kier molecular flexibility index (Phi) is 5.78. The van der Waals surface area contributed by atoms with E-state index in [0.29, 0.717) is 30.5 Å². The van der Waals surface area contributed by atoms with Crippen LogP contribution in [-0.4, -0.2) is 60.5 Å². The number of benzene rings is 1. The standard InChI is InChI=1S/C15H24FN3O2/c16-14-11-12(17)1-2-15(14)19-5-3-13(4-6-19)18(7-9-20)8-10-21/h1-2,11,13,20-21H,3-10,17H2. The topological polar surface area (TPSA) is 73.0 Å². The number of piperidine rings is 1. The first-order valence-corrected chi connectivity index (χ1v) is 7.41. The molecule has 4 N–H and O–H groups in total. The molecule has 0 aromatic heterocycles.